The first-order valence-corrected chi connectivity index (χ1v) is 6.54. The van der Waals surface area contributed by atoms with E-state index >= 15 is 0 Å². The lowest BCUT2D eigenvalue weighted by Crippen LogP contribution is -2.45. The Morgan fingerprint density at radius 1 is 1.56 bits per heavy atom. The van der Waals surface area contributed by atoms with E-state index in [1.165, 1.54) is 0 Å². The fraction of sp³-hybridized carbons (Fsp3) is 0.571. The Labute approximate surface area is 108 Å². The van der Waals surface area contributed by atoms with Crippen molar-refractivity contribution >= 4 is 5.91 Å². The van der Waals surface area contributed by atoms with Gasteiger partial charge in [-0.2, -0.15) is 0 Å². The zero-order chi connectivity index (χ0) is 13.1. The van der Waals surface area contributed by atoms with Crippen molar-refractivity contribution < 1.29 is 4.79 Å². The van der Waals surface area contributed by atoms with E-state index in [-0.39, 0.29) is 5.91 Å². The maximum Gasteiger partial charge on any atom is 0.255 e. The summed E-state index contributed by atoms with van der Waals surface area (Å²) < 4.78 is 0. The van der Waals surface area contributed by atoms with Crippen LogP contribution in [0.2, 0.25) is 0 Å². The number of aryl methyl sites for hydroxylation is 1. The number of rotatable bonds is 2. The summed E-state index contributed by atoms with van der Waals surface area (Å²) in [6, 6.07) is 3.72. The van der Waals surface area contributed by atoms with Crippen molar-refractivity contribution in [2.24, 2.45) is 17.6 Å². The number of piperidine rings is 1. The minimum absolute atomic E-state index is 0.0767. The molecular weight excluding hydrogens is 226 g/mol. The maximum atomic E-state index is 12.3. The van der Waals surface area contributed by atoms with Crippen LogP contribution in [0.15, 0.2) is 18.3 Å². The summed E-state index contributed by atoms with van der Waals surface area (Å²) in [6.45, 7) is 6.37. The van der Waals surface area contributed by atoms with E-state index in [1.807, 2.05) is 24.0 Å². The number of nitrogens with two attached hydrogens (primary N) is 1. The smallest absolute Gasteiger partial charge is 0.255 e. The molecule has 98 valence electrons. The Balaban J connectivity index is 2.07. The van der Waals surface area contributed by atoms with Crippen LogP contribution >= 0.6 is 0 Å². The van der Waals surface area contributed by atoms with Crippen LogP contribution in [0.5, 0.6) is 0 Å². The molecule has 4 heteroatoms. The van der Waals surface area contributed by atoms with Gasteiger partial charge in [0, 0.05) is 25.0 Å². The molecule has 18 heavy (non-hydrogen) atoms. The Hall–Kier alpha value is -1.42. The molecule has 2 unspecified atom stereocenters. The van der Waals surface area contributed by atoms with Gasteiger partial charge in [-0.1, -0.05) is 6.92 Å². The van der Waals surface area contributed by atoms with Crippen molar-refractivity contribution in [3.63, 3.8) is 0 Å². The van der Waals surface area contributed by atoms with Crippen molar-refractivity contribution in [3.8, 4) is 0 Å². The Kier molecular flexibility index (Phi) is 3.97. The van der Waals surface area contributed by atoms with E-state index in [2.05, 4.69) is 11.9 Å². The fourth-order valence-corrected chi connectivity index (χ4v) is 2.42. The van der Waals surface area contributed by atoms with Gasteiger partial charge in [0.2, 0.25) is 0 Å². The van der Waals surface area contributed by atoms with Gasteiger partial charge in [0.25, 0.3) is 5.91 Å². The second-order valence-electron chi connectivity index (χ2n) is 5.20. The number of nitrogens with zero attached hydrogens (tertiary/aromatic N) is 2. The number of pyridine rings is 1. The highest BCUT2D eigenvalue weighted by Crippen LogP contribution is 2.23. The molecule has 2 heterocycles. The third-order valence-electron chi connectivity index (χ3n) is 3.86. The summed E-state index contributed by atoms with van der Waals surface area (Å²) in [4.78, 5) is 18.4. The zero-order valence-electron chi connectivity index (χ0n) is 11.1. The molecule has 1 aromatic heterocycles. The van der Waals surface area contributed by atoms with Gasteiger partial charge in [0.15, 0.2) is 0 Å². The Morgan fingerprint density at radius 3 is 2.94 bits per heavy atom. The van der Waals surface area contributed by atoms with Crippen LogP contribution < -0.4 is 5.73 Å². The molecule has 0 spiro atoms. The van der Waals surface area contributed by atoms with Crippen LogP contribution in [0.3, 0.4) is 0 Å². The van der Waals surface area contributed by atoms with Crippen molar-refractivity contribution in [2.75, 3.05) is 19.6 Å². The number of likely N-dealkylation sites (tertiary alicyclic amines) is 1. The van der Waals surface area contributed by atoms with Gasteiger partial charge in [-0.15, -0.1) is 0 Å². The van der Waals surface area contributed by atoms with E-state index in [0.29, 0.717) is 23.9 Å². The number of carbonyl (C=O) groups is 1. The molecule has 0 bridgehead atoms. The maximum absolute atomic E-state index is 12.3. The predicted octanol–water partition coefficient (Wildman–Crippen LogP) is 1.45. The van der Waals surface area contributed by atoms with E-state index < -0.39 is 0 Å². The first-order chi connectivity index (χ1) is 8.61. The highest BCUT2D eigenvalue weighted by atomic mass is 16.2. The van der Waals surface area contributed by atoms with Crippen LogP contribution in [-0.2, 0) is 0 Å². The van der Waals surface area contributed by atoms with Gasteiger partial charge in [-0.05, 0) is 43.9 Å². The molecule has 0 aliphatic carbocycles. The molecule has 0 radical (unpaired) electrons. The molecule has 2 rings (SSSR count). The predicted molar refractivity (Wildman–Crippen MR) is 71.2 cm³/mol. The topological polar surface area (TPSA) is 59.2 Å². The first kappa shape index (κ1) is 13.0. The average molecular weight is 247 g/mol. The molecule has 2 N–H and O–H groups in total. The normalized spacial score (nSPS) is 24.1. The molecule has 1 fully saturated rings. The number of aromatic nitrogens is 1. The summed E-state index contributed by atoms with van der Waals surface area (Å²) in [5, 5.41) is 0. The molecule has 1 amide bonds. The van der Waals surface area contributed by atoms with Crippen molar-refractivity contribution in [1.29, 1.82) is 0 Å². The van der Waals surface area contributed by atoms with Gasteiger partial charge < -0.3 is 10.6 Å². The minimum Gasteiger partial charge on any atom is -0.338 e. The lowest BCUT2D eigenvalue weighted by atomic mass is 9.87. The molecule has 1 aliphatic heterocycles. The number of carbonyl (C=O) groups excluding carboxylic acids is 1. The van der Waals surface area contributed by atoms with E-state index in [9.17, 15) is 4.79 Å². The van der Waals surface area contributed by atoms with Gasteiger partial charge in [0.1, 0.15) is 0 Å². The molecule has 0 saturated carbocycles. The molecule has 1 aliphatic rings. The van der Waals surface area contributed by atoms with Crippen LogP contribution in [0, 0.1) is 18.8 Å². The third-order valence-corrected chi connectivity index (χ3v) is 3.86. The number of amides is 1. The standard InChI is InChI=1S/C14H21N3O/c1-10-5-6-17(9-13(10)7-15)14(18)12-4-3-11(2)16-8-12/h3-4,8,10,13H,5-7,9,15H2,1-2H3. The van der Waals surface area contributed by atoms with Crippen LogP contribution in [0.1, 0.15) is 29.4 Å². The number of hydrogen-bond acceptors (Lipinski definition) is 3. The molecule has 1 saturated heterocycles. The van der Waals surface area contributed by atoms with Crippen molar-refractivity contribution in [3.05, 3.63) is 29.6 Å². The highest BCUT2D eigenvalue weighted by molar-refractivity contribution is 5.94. The lowest BCUT2D eigenvalue weighted by Gasteiger charge is -2.36. The molecule has 2 atom stereocenters. The Bertz CT molecular complexity index is 416. The average Bonchev–Trinajstić information content (AvgIpc) is 2.39. The van der Waals surface area contributed by atoms with Crippen molar-refractivity contribution in [1.82, 2.24) is 9.88 Å². The summed E-state index contributed by atoms with van der Waals surface area (Å²) >= 11 is 0. The lowest BCUT2D eigenvalue weighted by molar-refractivity contribution is 0.0618. The summed E-state index contributed by atoms with van der Waals surface area (Å²) in [7, 11) is 0. The summed E-state index contributed by atoms with van der Waals surface area (Å²) in [5.74, 6) is 1.10. The number of hydrogen-bond donors (Lipinski definition) is 1. The zero-order valence-corrected chi connectivity index (χ0v) is 11.1. The quantitative estimate of drug-likeness (QED) is 0.860. The van der Waals surface area contributed by atoms with Gasteiger partial charge in [-0.3, -0.25) is 9.78 Å². The van der Waals surface area contributed by atoms with Gasteiger partial charge >= 0.3 is 0 Å². The molecule has 0 aromatic carbocycles. The van der Waals surface area contributed by atoms with Gasteiger partial charge in [-0.25, -0.2) is 0 Å². The van der Waals surface area contributed by atoms with Crippen LogP contribution in [-0.4, -0.2) is 35.4 Å². The largest absolute Gasteiger partial charge is 0.338 e. The summed E-state index contributed by atoms with van der Waals surface area (Å²) in [6.07, 6.45) is 2.69. The highest BCUT2D eigenvalue weighted by Gasteiger charge is 2.28. The SMILES string of the molecule is Cc1ccc(C(=O)N2CCC(C)C(CN)C2)cn1. The second kappa shape index (κ2) is 5.48. The molecular formula is C14H21N3O. The van der Waals surface area contributed by atoms with E-state index in [1.54, 1.807) is 6.20 Å². The van der Waals surface area contributed by atoms with Crippen LogP contribution in [0.4, 0.5) is 0 Å². The fourth-order valence-electron chi connectivity index (χ4n) is 2.42. The second-order valence-corrected chi connectivity index (χ2v) is 5.20. The Morgan fingerprint density at radius 2 is 2.33 bits per heavy atom. The molecule has 1 aromatic rings. The van der Waals surface area contributed by atoms with E-state index in [4.69, 9.17) is 5.73 Å². The third kappa shape index (κ3) is 2.70. The van der Waals surface area contributed by atoms with Crippen molar-refractivity contribution in [2.45, 2.75) is 20.3 Å². The summed E-state index contributed by atoms with van der Waals surface area (Å²) in [5.41, 5.74) is 7.37. The van der Waals surface area contributed by atoms with Crippen LogP contribution in [0.25, 0.3) is 0 Å². The monoisotopic (exact) mass is 247 g/mol. The van der Waals surface area contributed by atoms with E-state index in [0.717, 1.165) is 25.2 Å². The van der Waals surface area contributed by atoms with Gasteiger partial charge in [0.05, 0.1) is 5.56 Å². The minimum atomic E-state index is 0.0767. The molecule has 4 nitrogen and oxygen atoms in total. The first-order valence-electron chi connectivity index (χ1n) is 6.54.